The molecule has 0 fully saturated rings. The maximum Gasteiger partial charge on any atom is 0.338 e. The molecule has 9 nitrogen and oxygen atoms in total. The average molecular weight is 679 g/mol. The van der Waals surface area contributed by atoms with Crippen molar-refractivity contribution in [2.24, 2.45) is 4.99 Å². The summed E-state index contributed by atoms with van der Waals surface area (Å²) in [6.07, 6.45) is 1.87. The minimum absolute atomic E-state index is 0.153. The van der Waals surface area contributed by atoms with E-state index in [1.807, 2.05) is 76.2 Å². The van der Waals surface area contributed by atoms with E-state index in [0.29, 0.717) is 37.7 Å². The van der Waals surface area contributed by atoms with E-state index in [0.717, 1.165) is 38.0 Å². The van der Waals surface area contributed by atoms with Gasteiger partial charge in [-0.3, -0.25) is 9.36 Å². The van der Waals surface area contributed by atoms with Crippen molar-refractivity contribution >= 4 is 40.4 Å². The number of nitrogens with zero attached hydrogens (tertiary/aromatic N) is 4. The Bertz CT molecular complexity index is 2330. The van der Waals surface area contributed by atoms with E-state index in [-0.39, 0.29) is 17.7 Å². The predicted octanol–water partition coefficient (Wildman–Crippen LogP) is 5.91. The van der Waals surface area contributed by atoms with Gasteiger partial charge in [0.05, 0.1) is 48.2 Å². The second-order valence-electron chi connectivity index (χ2n) is 11.3. The second-order valence-corrected chi connectivity index (χ2v) is 13.5. The van der Waals surface area contributed by atoms with Crippen LogP contribution in [0.25, 0.3) is 16.8 Å². The number of aromatic nitrogens is 2. The monoisotopic (exact) mass is 678 g/mol. The maximum absolute atomic E-state index is 14.5. The molecule has 0 aliphatic carbocycles. The van der Waals surface area contributed by atoms with Gasteiger partial charge in [0, 0.05) is 21.8 Å². The van der Waals surface area contributed by atoms with Crippen LogP contribution in [-0.4, -0.2) is 35.9 Å². The van der Waals surface area contributed by atoms with Gasteiger partial charge in [-0.25, -0.2) is 9.79 Å². The standard InChI is InChI=1S/C37H34N4O5S2/c1-8-46-36(43)31-32(24-12-10-9-11-13-24)39-37-41(33(31)25-14-15-28(44-6)29(17-25)45-7)34(42)30(48-37)18-26-16-20(2)40(22(26)4)35-27(19-38)21(3)23(5)47-35/h9-18,33H,8H2,1-7H3/b30-18+/t33-/m0/s1. The van der Waals surface area contributed by atoms with Gasteiger partial charge in [-0.05, 0) is 75.6 Å². The average Bonchev–Trinajstić information content (AvgIpc) is 3.67. The molecule has 1 atom stereocenters. The summed E-state index contributed by atoms with van der Waals surface area (Å²) in [4.78, 5) is 34.8. The van der Waals surface area contributed by atoms with Gasteiger partial charge in [-0.15, -0.1) is 11.3 Å². The summed E-state index contributed by atoms with van der Waals surface area (Å²) < 4.78 is 20.8. The van der Waals surface area contributed by atoms with E-state index in [1.165, 1.54) is 11.3 Å². The minimum Gasteiger partial charge on any atom is -0.493 e. The third kappa shape index (κ3) is 5.47. The molecular formula is C37H34N4O5S2. The van der Waals surface area contributed by atoms with Crippen molar-refractivity contribution in [3.63, 3.8) is 0 Å². The quantitative estimate of drug-likeness (QED) is 0.189. The molecule has 48 heavy (non-hydrogen) atoms. The molecule has 4 heterocycles. The summed E-state index contributed by atoms with van der Waals surface area (Å²) in [6.45, 7) is 9.86. The van der Waals surface area contributed by atoms with E-state index in [9.17, 15) is 14.9 Å². The number of fused-ring (bicyclic) bond motifs is 1. The Morgan fingerprint density at radius 1 is 1.02 bits per heavy atom. The highest BCUT2D eigenvalue weighted by molar-refractivity contribution is 7.15. The SMILES string of the molecule is CCOC(=O)C1=C(c2ccccc2)N=c2s/c(=C/c3cc(C)n(-c4sc(C)c(C)c4C#N)c3C)c(=O)n2[C@H]1c1ccc(OC)c(OC)c1. The largest absolute Gasteiger partial charge is 0.493 e. The highest BCUT2D eigenvalue weighted by atomic mass is 32.1. The van der Waals surface area contributed by atoms with Gasteiger partial charge in [0.2, 0.25) is 0 Å². The normalized spacial score (nSPS) is 14.4. The Hall–Kier alpha value is -5.18. The molecule has 6 rings (SSSR count). The van der Waals surface area contributed by atoms with Crippen molar-refractivity contribution in [2.45, 2.75) is 40.7 Å². The number of thiophene rings is 1. The van der Waals surface area contributed by atoms with Crippen LogP contribution in [0.1, 0.15) is 57.0 Å². The van der Waals surface area contributed by atoms with E-state index in [4.69, 9.17) is 19.2 Å². The Balaban J connectivity index is 1.62. The van der Waals surface area contributed by atoms with Crippen molar-refractivity contribution in [3.05, 3.63) is 124 Å². The third-order valence-electron chi connectivity index (χ3n) is 8.54. The molecule has 1 aliphatic rings. The van der Waals surface area contributed by atoms with Crippen LogP contribution in [-0.2, 0) is 9.53 Å². The molecule has 0 spiro atoms. The molecule has 2 aromatic carbocycles. The number of thiazole rings is 1. The zero-order valence-corrected chi connectivity index (χ0v) is 29.3. The number of aryl methyl sites for hydroxylation is 2. The van der Waals surface area contributed by atoms with Crippen LogP contribution in [0.5, 0.6) is 11.5 Å². The van der Waals surface area contributed by atoms with Crippen molar-refractivity contribution in [3.8, 4) is 22.6 Å². The van der Waals surface area contributed by atoms with Crippen LogP contribution in [0, 0.1) is 39.0 Å². The third-order valence-corrected chi connectivity index (χ3v) is 10.7. The van der Waals surface area contributed by atoms with Crippen molar-refractivity contribution in [1.29, 1.82) is 5.26 Å². The first-order valence-electron chi connectivity index (χ1n) is 15.3. The van der Waals surface area contributed by atoms with Crippen LogP contribution in [0.15, 0.2) is 70.0 Å². The van der Waals surface area contributed by atoms with E-state index < -0.39 is 12.0 Å². The van der Waals surface area contributed by atoms with E-state index >= 15 is 0 Å². The maximum atomic E-state index is 14.5. The van der Waals surface area contributed by atoms with Gasteiger partial charge in [0.25, 0.3) is 5.56 Å². The Morgan fingerprint density at radius 3 is 2.42 bits per heavy atom. The van der Waals surface area contributed by atoms with Crippen molar-refractivity contribution in [1.82, 2.24) is 9.13 Å². The fraction of sp³-hybridized carbons (Fsp3) is 0.243. The summed E-state index contributed by atoms with van der Waals surface area (Å²) >= 11 is 2.84. The van der Waals surface area contributed by atoms with Crippen molar-refractivity contribution in [2.75, 3.05) is 20.8 Å². The number of ether oxygens (including phenoxy) is 3. The topological polar surface area (TPSA) is 108 Å². The molecule has 0 bridgehead atoms. The number of rotatable bonds is 8. The lowest BCUT2D eigenvalue weighted by Crippen LogP contribution is -2.40. The first-order chi connectivity index (χ1) is 23.1. The number of methoxy groups -OCH3 is 2. The molecule has 0 amide bonds. The first kappa shape index (κ1) is 32.7. The predicted molar refractivity (Wildman–Crippen MR) is 188 cm³/mol. The van der Waals surface area contributed by atoms with Gasteiger partial charge in [-0.1, -0.05) is 47.7 Å². The highest BCUT2D eigenvalue weighted by Crippen LogP contribution is 2.39. The minimum atomic E-state index is -0.861. The molecule has 11 heteroatoms. The zero-order valence-electron chi connectivity index (χ0n) is 27.7. The van der Waals surface area contributed by atoms with Crippen LogP contribution in [0.4, 0.5) is 0 Å². The summed E-state index contributed by atoms with van der Waals surface area (Å²) in [5, 5.41) is 10.8. The van der Waals surface area contributed by atoms with Gasteiger partial charge >= 0.3 is 5.97 Å². The zero-order chi connectivity index (χ0) is 34.3. The molecule has 244 valence electrons. The van der Waals surface area contributed by atoms with E-state index in [1.54, 1.807) is 49.2 Å². The molecule has 0 saturated carbocycles. The van der Waals surface area contributed by atoms with Crippen LogP contribution >= 0.6 is 22.7 Å². The Morgan fingerprint density at radius 2 is 1.75 bits per heavy atom. The number of carbonyl (C=O) groups excluding carboxylic acids is 1. The lowest BCUT2D eigenvalue weighted by atomic mass is 9.93. The molecular weight excluding hydrogens is 645 g/mol. The summed E-state index contributed by atoms with van der Waals surface area (Å²) in [6, 6.07) is 18.3. The molecule has 0 saturated heterocycles. The highest BCUT2D eigenvalue weighted by Gasteiger charge is 2.35. The molecule has 0 radical (unpaired) electrons. The Kier molecular flexibility index (Phi) is 8.97. The van der Waals surface area contributed by atoms with Crippen LogP contribution < -0.4 is 24.4 Å². The second kappa shape index (κ2) is 13.1. The van der Waals surface area contributed by atoms with E-state index in [2.05, 4.69) is 10.6 Å². The molecule has 0 unspecified atom stereocenters. The van der Waals surface area contributed by atoms with Gasteiger partial charge in [0.1, 0.15) is 11.1 Å². The fourth-order valence-corrected chi connectivity index (χ4v) is 8.27. The Labute approximate surface area is 285 Å². The molecule has 3 aromatic heterocycles. The van der Waals surface area contributed by atoms with Gasteiger partial charge in [0.15, 0.2) is 16.3 Å². The summed E-state index contributed by atoms with van der Waals surface area (Å²) in [7, 11) is 3.09. The number of hydrogen-bond acceptors (Lipinski definition) is 9. The summed E-state index contributed by atoms with van der Waals surface area (Å²) in [5.74, 6) is 0.416. The molecule has 0 N–H and O–H groups in total. The number of esters is 1. The van der Waals surface area contributed by atoms with Gasteiger partial charge in [-0.2, -0.15) is 5.26 Å². The number of hydrogen-bond donors (Lipinski definition) is 0. The molecule has 5 aromatic rings. The first-order valence-corrected chi connectivity index (χ1v) is 17.0. The fourth-order valence-electron chi connectivity index (χ4n) is 6.06. The smallest absolute Gasteiger partial charge is 0.338 e. The number of benzene rings is 2. The van der Waals surface area contributed by atoms with Crippen LogP contribution in [0.2, 0.25) is 0 Å². The molecule has 1 aliphatic heterocycles. The summed E-state index contributed by atoms with van der Waals surface area (Å²) in [5.41, 5.74) is 6.08. The number of carbonyl (C=O) groups is 1. The van der Waals surface area contributed by atoms with Gasteiger partial charge < -0.3 is 18.8 Å². The lowest BCUT2D eigenvalue weighted by molar-refractivity contribution is -0.138. The number of nitriles is 1. The van der Waals surface area contributed by atoms with Crippen LogP contribution in [0.3, 0.4) is 0 Å². The lowest BCUT2D eigenvalue weighted by Gasteiger charge is -2.26. The van der Waals surface area contributed by atoms with Crippen molar-refractivity contribution < 1.29 is 19.0 Å².